The number of thioether (sulfide) groups is 2. The number of hydrogen-bond acceptors (Lipinski definition) is 8. The molecule has 2 aromatic heterocycles. The van der Waals surface area contributed by atoms with Crippen LogP contribution in [0.15, 0.2) is 65.3 Å². The van der Waals surface area contributed by atoms with Gasteiger partial charge in [-0.2, -0.15) is 0 Å². The highest BCUT2D eigenvalue weighted by atomic mass is 32.2. The zero-order chi connectivity index (χ0) is 24.0. The average Bonchev–Trinajstić information content (AvgIpc) is 3.54. The molecule has 35 heavy (non-hydrogen) atoms. The largest absolute Gasteiger partial charge is 0.494 e. The number of furan rings is 1. The van der Waals surface area contributed by atoms with Crippen molar-refractivity contribution in [2.45, 2.75) is 11.0 Å². The Morgan fingerprint density at radius 1 is 1.00 bits per heavy atom. The van der Waals surface area contributed by atoms with Gasteiger partial charge < -0.3 is 19.4 Å². The predicted octanol–water partition coefficient (Wildman–Crippen LogP) is 6.11. The van der Waals surface area contributed by atoms with Crippen LogP contribution in [0.25, 0.3) is 33.6 Å². The molecule has 0 spiro atoms. The van der Waals surface area contributed by atoms with Crippen LogP contribution in [-0.2, 0) is 0 Å². The second kappa shape index (κ2) is 11.4. The van der Waals surface area contributed by atoms with E-state index >= 15 is 0 Å². The van der Waals surface area contributed by atoms with E-state index in [0.29, 0.717) is 16.9 Å². The summed E-state index contributed by atoms with van der Waals surface area (Å²) in [5, 5.41) is 4.50. The minimum atomic E-state index is 0.539. The van der Waals surface area contributed by atoms with Crippen molar-refractivity contribution in [1.29, 1.82) is 0 Å². The van der Waals surface area contributed by atoms with E-state index in [4.69, 9.17) is 9.15 Å². The number of benzene rings is 2. The summed E-state index contributed by atoms with van der Waals surface area (Å²) in [7, 11) is 4.15. The third-order valence-electron chi connectivity index (χ3n) is 5.81. The molecule has 1 aliphatic heterocycles. The highest BCUT2D eigenvalue weighted by Crippen LogP contribution is 2.43. The monoisotopic (exact) mass is 506 g/mol. The number of rotatable bonds is 10. The van der Waals surface area contributed by atoms with Crippen LogP contribution in [0, 0.1) is 0 Å². The Bertz CT molecular complexity index is 1240. The predicted molar refractivity (Wildman–Crippen MR) is 149 cm³/mol. The molecule has 0 saturated carbocycles. The Labute approximate surface area is 214 Å². The van der Waals surface area contributed by atoms with Gasteiger partial charge in [0, 0.05) is 35.7 Å². The Morgan fingerprint density at radius 3 is 2.51 bits per heavy atom. The Kier molecular flexibility index (Phi) is 7.81. The van der Waals surface area contributed by atoms with Gasteiger partial charge >= 0.3 is 0 Å². The molecule has 182 valence electrons. The summed E-state index contributed by atoms with van der Waals surface area (Å²) in [5.74, 6) is 4.88. The maximum Gasteiger partial charge on any atom is 0.232 e. The lowest BCUT2D eigenvalue weighted by molar-refractivity contribution is 0.281. The lowest BCUT2D eigenvalue weighted by Gasteiger charge is -2.12. The summed E-state index contributed by atoms with van der Waals surface area (Å²) >= 11 is 4.00. The molecule has 1 N–H and O–H groups in total. The van der Waals surface area contributed by atoms with Crippen molar-refractivity contribution in [3.63, 3.8) is 0 Å². The van der Waals surface area contributed by atoms with Gasteiger partial charge in [0.2, 0.25) is 5.71 Å². The molecule has 6 nitrogen and oxygen atoms in total. The molecule has 0 aliphatic carbocycles. The van der Waals surface area contributed by atoms with Crippen LogP contribution in [0.3, 0.4) is 0 Å². The summed E-state index contributed by atoms with van der Waals surface area (Å²) in [6.07, 6.45) is 2.56. The Hall–Kier alpha value is -2.68. The lowest BCUT2D eigenvalue weighted by atomic mass is 9.99. The quantitative estimate of drug-likeness (QED) is 0.259. The molecule has 0 unspecified atom stereocenters. The van der Waals surface area contributed by atoms with Gasteiger partial charge in [-0.15, -0.1) is 23.5 Å². The van der Waals surface area contributed by atoms with Crippen LogP contribution in [0.4, 0.5) is 5.82 Å². The number of ether oxygens (including phenoxy) is 1. The molecular weight excluding hydrogens is 476 g/mol. The zero-order valence-electron chi connectivity index (χ0n) is 20.1. The fourth-order valence-corrected chi connectivity index (χ4v) is 6.79. The van der Waals surface area contributed by atoms with E-state index in [0.717, 1.165) is 58.9 Å². The van der Waals surface area contributed by atoms with Gasteiger partial charge in [0.15, 0.2) is 0 Å². The maximum atomic E-state index is 6.37. The molecule has 1 aliphatic rings. The van der Waals surface area contributed by atoms with Crippen LogP contribution in [0.1, 0.15) is 6.42 Å². The van der Waals surface area contributed by atoms with Gasteiger partial charge in [-0.05, 0) is 50.3 Å². The summed E-state index contributed by atoms with van der Waals surface area (Å²) in [4.78, 5) is 11.2. The standard InChI is InChI=1S/C27H30N4O2S2/c1-31(2)13-6-14-32-21-11-9-20(10-12-21)25-23(19-7-4-3-5-8-19)24-26(29-18-30-27(24)33-25)28-17-22-34-15-16-35-22/h3-5,7-12,18,22H,6,13-17H2,1-2H3,(H,28,29,30). The molecule has 1 saturated heterocycles. The normalized spacial score (nSPS) is 14.1. The summed E-state index contributed by atoms with van der Waals surface area (Å²) in [6, 6.07) is 18.5. The van der Waals surface area contributed by atoms with E-state index in [-0.39, 0.29) is 0 Å². The number of nitrogens with zero attached hydrogens (tertiary/aromatic N) is 3. The first kappa shape index (κ1) is 24.0. The summed E-state index contributed by atoms with van der Waals surface area (Å²) in [5.41, 5.74) is 3.66. The van der Waals surface area contributed by atoms with Crippen LogP contribution in [0.2, 0.25) is 0 Å². The van der Waals surface area contributed by atoms with Gasteiger partial charge in [0.25, 0.3) is 0 Å². The van der Waals surface area contributed by atoms with Gasteiger partial charge in [-0.1, -0.05) is 30.3 Å². The Balaban J connectivity index is 1.47. The average molecular weight is 507 g/mol. The first-order valence-electron chi connectivity index (χ1n) is 11.9. The van der Waals surface area contributed by atoms with E-state index in [1.807, 2.05) is 53.9 Å². The van der Waals surface area contributed by atoms with Gasteiger partial charge in [-0.25, -0.2) is 9.97 Å². The van der Waals surface area contributed by atoms with Gasteiger partial charge in [0.1, 0.15) is 23.7 Å². The second-order valence-electron chi connectivity index (χ2n) is 8.66. The van der Waals surface area contributed by atoms with Crippen molar-refractivity contribution < 1.29 is 9.15 Å². The fraction of sp³-hybridized carbons (Fsp3) is 0.333. The van der Waals surface area contributed by atoms with E-state index in [1.54, 1.807) is 6.33 Å². The van der Waals surface area contributed by atoms with Crippen LogP contribution < -0.4 is 10.1 Å². The number of nitrogens with one attached hydrogen (secondary N) is 1. The molecule has 1 fully saturated rings. The first-order valence-corrected chi connectivity index (χ1v) is 14.0. The third kappa shape index (κ3) is 5.77. The fourth-order valence-electron chi connectivity index (χ4n) is 4.13. The second-order valence-corrected chi connectivity index (χ2v) is 11.6. The van der Waals surface area contributed by atoms with Crippen molar-refractivity contribution >= 4 is 40.4 Å². The molecular formula is C27H30N4O2S2. The number of aromatic nitrogens is 2. The first-order chi connectivity index (χ1) is 17.2. The summed E-state index contributed by atoms with van der Waals surface area (Å²) < 4.78 is 12.8. The number of anilines is 1. The molecule has 8 heteroatoms. The molecule has 5 rings (SSSR count). The van der Waals surface area contributed by atoms with E-state index < -0.39 is 0 Å². The molecule has 0 atom stereocenters. The van der Waals surface area contributed by atoms with Crippen LogP contribution >= 0.6 is 23.5 Å². The summed E-state index contributed by atoms with van der Waals surface area (Å²) in [6.45, 7) is 2.56. The maximum absolute atomic E-state index is 6.37. The smallest absolute Gasteiger partial charge is 0.232 e. The van der Waals surface area contributed by atoms with Gasteiger partial charge in [-0.3, -0.25) is 0 Å². The minimum Gasteiger partial charge on any atom is -0.494 e. The highest BCUT2D eigenvalue weighted by Gasteiger charge is 2.23. The van der Waals surface area contributed by atoms with Crippen LogP contribution in [-0.4, -0.2) is 64.7 Å². The molecule has 0 radical (unpaired) electrons. The Morgan fingerprint density at radius 2 is 1.77 bits per heavy atom. The van der Waals surface area contributed by atoms with Crippen molar-refractivity contribution in [3.05, 3.63) is 60.9 Å². The van der Waals surface area contributed by atoms with Crippen LogP contribution in [0.5, 0.6) is 5.75 Å². The topological polar surface area (TPSA) is 63.4 Å². The van der Waals surface area contributed by atoms with E-state index in [9.17, 15) is 0 Å². The highest BCUT2D eigenvalue weighted by molar-refractivity contribution is 8.20. The zero-order valence-corrected chi connectivity index (χ0v) is 21.7. The number of fused-ring (bicyclic) bond motifs is 1. The van der Waals surface area contributed by atoms with Gasteiger partial charge in [0.05, 0.1) is 16.6 Å². The number of hydrogen-bond donors (Lipinski definition) is 1. The third-order valence-corrected chi connectivity index (χ3v) is 8.84. The molecule has 0 bridgehead atoms. The molecule has 3 heterocycles. The minimum absolute atomic E-state index is 0.539. The molecule has 2 aromatic carbocycles. The van der Waals surface area contributed by atoms with Crippen molar-refractivity contribution in [2.75, 3.05) is 50.6 Å². The van der Waals surface area contributed by atoms with E-state index in [2.05, 4.69) is 58.5 Å². The van der Waals surface area contributed by atoms with Crippen molar-refractivity contribution in [1.82, 2.24) is 14.9 Å². The van der Waals surface area contributed by atoms with Crippen molar-refractivity contribution in [2.24, 2.45) is 0 Å². The van der Waals surface area contributed by atoms with E-state index in [1.165, 1.54) is 11.5 Å². The lowest BCUT2D eigenvalue weighted by Crippen LogP contribution is -2.15. The van der Waals surface area contributed by atoms with Crippen molar-refractivity contribution in [3.8, 4) is 28.2 Å². The molecule has 4 aromatic rings. The molecule has 0 amide bonds. The SMILES string of the molecule is CN(C)CCCOc1ccc(-c2oc3ncnc(NCC4SCCS4)c3c2-c2ccccc2)cc1.